The van der Waals surface area contributed by atoms with Crippen LogP contribution in [-0.2, 0) is 6.54 Å². The number of aromatic carboxylic acids is 1. The average Bonchev–Trinajstić information content (AvgIpc) is 3.44. The Kier molecular flexibility index (Phi) is 4.72. The maximum absolute atomic E-state index is 15.1. The maximum atomic E-state index is 15.1. The molecule has 0 unspecified atom stereocenters. The van der Waals surface area contributed by atoms with Gasteiger partial charge in [-0.15, -0.1) is 0 Å². The largest absolute Gasteiger partial charge is 0.477 e. The number of benzene rings is 2. The van der Waals surface area contributed by atoms with Gasteiger partial charge in [-0.1, -0.05) is 17.7 Å². The summed E-state index contributed by atoms with van der Waals surface area (Å²) in [6.45, 7) is -0.000124. The summed E-state index contributed by atoms with van der Waals surface area (Å²) in [4.78, 5) is 32.3. The van der Waals surface area contributed by atoms with E-state index in [1.165, 1.54) is 35.2 Å². The summed E-state index contributed by atoms with van der Waals surface area (Å²) in [5.74, 6) is -1.86. The van der Waals surface area contributed by atoms with Crippen molar-refractivity contribution in [2.45, 2.75) is 6.54 Å². The number of nitrogens with one attached hydrogen (secondary N) is 1. The molecule has 0 fully saturated rings. The summed E-state index contributed by atoms with van der Waals surface area (Å²) < 4.78 is 22.1. The minimum Gasteiger partial charge on any atom is -0.477 e. The van der Waals surface area contributed by atoms with E-state index < -0.39 is 17.3 Å². The lowest BCUT2D eigenvalue weighted by molar-refractivity contribution is 0.0687. The first-order valence-electron chi connectivity index (χ1n) is 10.6. The third-order valence-corrected chi connectivity index (χ3v) is 6.46. The molecule has 0 radical (unpaired) electrons. The third kappa shape index (κ3) is 3.22. The third-order valence-electron chi connectivity index (χ3n) is 6.11. The second-order valence-corrected chi connectivity index (χ2v) is 8.49. The van der Waals surface area contributed by atoms with Crippen molar-refractivity contribution in [3.63, 3.8) is 0 Å². The summed E-state index contributed by atoms with van der Waals surface area (Å²) in [5.41, 5.74) is 1.30. The lowest BCUT2D eigenvalue weighted by Crippen LogP contribution is -2.13. The quantitative estimate of drug-likeness (QED) is 0.326. The molecule has 9 heteroatoms. The molecule has 0 atom stereocenters. The minimum atomic E-state index is -1.28. The molecule has 2 aromatic carbocycles. The molecule has 0 bridgehead atoms. The predicted molar refractivity (Wildman–Crippen MR) is 131 cm³/mol. The number of nitrogens with zero attached hydrogens (tertiary/aromatic N) is 2. The second kappa shape index (κ2) is 7.82. The van der Waals surface area contributed by atoms with Crippen molar-refractivity contribution < 1.29 is 18.7 Å². The summed E-state index contributed by atoms with van der Waals surface area (Å²) in [5, 5.41) is 12.1. The fourth-order valence-corrected chi connectivity index (χ4v) is 4.83. The SMILES string of the molecule is O=C(O)c1c(-c2ccc[nH]c2=O)c2c3occc3c(F)cc2n1Cc1cc2ncccc2cc1Cl. The Morgan fingerprint density at radius 1 is 1.20 bits per heavy atom. The monoisotopic (exact) mass is 487 g/mol. The fraction of sp³-hybridized carbons (Fsp3) is 0.0385. The number of carbonyl (C=O) groups is 1. The van der Waals surface area contributed by atoms with Gasteiger partial charge in [0.05, 0.1) is 33.6 Å². The molecule has 2 N–H and O–H groups in total. The molecule has 0 aliphatic heterocycles. The maximum Gasteiger partial charge on any atom is 0.353 e. The Morgan fingerprint density at radius 3 is 2.86 bits per heavy atom. The first-order chi connectivity index (χ1) is 16.9. The Hall–Kier alpha value is -4.43. The first kappa shape index (κ1) is 21.1. The standard InChI is InChI=1S/C26H15ClFN3O4/c27-17-9-13-3-1-6-29-19(13)10-14(17)12-31-20-11-18(28)15-5-8-35-24(15)22(20)21(23(31)26(33)34)16-4-2-7-30-25(16)32/h1-11H,12H2,(H,30,32)(H,33,34). The van der Waals surface area contributed by atoms with E-state index in [4.69, 9.17) is 16.0 Å². The van der Waals surface area contributed by atoms with Crippen molar-refractivity contribution in [2.24, 2.45) is 0 Å². The molecule has 7 nitrogen and oxygen atoms in total. The Morgan fingerprint density at radius 2 is 2.06 bits per heavy atom. The summed E-state index contributed by atoms with van der Waals surface area (Å²) >= 11 is 6.56. The van der Waals surface area contributed by atoms with Crippen molar-refractivity contribution in [3.8, 4) is 11.1 Å². The van der Waals surface area contributed by atoms with Crippen LogP contribution in [0.25, 0.3) is 43.9 Å². The van der Waals surface area contributed by atoms with E-state index in [1.807, 2.05) is 6.07 Å². The van der Waals surface area contributed by atoms with Crippen LogP contribution in [0.5, 0.6) is 0 Å². The van der Waals surface area contributed by atoms with Crippen molar-refractivity contribution in [2.75, 3.05) is 0 Å². The number of aromatic amines is 1. The number of aromatic nitrogens is 3. The van der Waals surface area contributed by atoms with Gasteiger partial charge in [0.25, 0.3) is 5.56 Å². The van der Waals surface area contributed by atoms with Gasteiger partial charge in [0.15, 0.2) is 0 Å². The van der Waals surface area contributed by atoms with Gasteiger partial charge >= 0.3 is 5.97 Å². The van der Waals surface area contributed by atoms with Gasteiger partial charge < -0.3 is 19.1 Å². The van der Waals surface area contributed by atoms with Gasteiger partial charge in [-0.2, -0.15) is 0 Å². The van der Waals surface area contributed by atoms with Crippen LogP contribution in [0.3, 0.4) is 0 Å². The smallest absolute Gasteiger partial charge is 0.353 e. The average molecular weight is 488 g/mol. The highest BCUT2D eigenvalue weighted by Gasteiger charge is 2.29. The van der Waals surface area contributed by atoms with Gasteiger partial charge in [-0.25, -0.2) is 9.18 Å². The number of fused-ring (bicyclic) bond motifs is 4. The second-order valence-electron chi connectivity index (χ2n) is 8.08. The number of carboxylic acid groups (broad SMARTS) is 1. The highest BCUT2D eigenvalue weighted by molar-refractivity contribution is 6.32. The summed E-state index contributed by atoms with van der Waals surface area (Å²) in [7, 11) is 0. The van der Waals surface area contributed by atoms with Crippen LogP contribution >= 0.6 is 11.6 Å². The highest BCUT2D eigenvalue weighted by Crippen LogP contribution is 2.40. The lowest BCUT2D eigenvalue weighted by atomic mass is 10.0. The number of furan rings is 1. The molecule has 0 aliphatic rings. The van der Waals surface area contributed by atoms with Gasteiger partial charge in [0.2, 0.25) is 0 Å². The van der Waals surface area contributed by atoms with Crippen LogP contribution in [0.4, 0.5) is 4.39 Å². The summed E-state index contributed by atoms with van der Waals surface area (Å²) in [6.07, 6.45) is 4.43. The van der Waals surface area contributed by atoms with E-state index in [0.29, 0.717) is 21.5 Å². The predicted octanol–water partition coefficient (Wildman–Crippen LogP) is 5.83. The number of H-pyrrole nitrogens is 1. The Bertz CT molecular complexity index is 1870. The number of carboxylic acids is 1. The molecule has 6 aromatic rings. The number of halogens is 2. The fourth-order valence-electron chi connectivity index (χ4n) is 4.60. The molecule has 4 aromatic heterocycles. The van der Waals surface area contributed by atoms with Crippen LogP contribution in [0.15, 0.2) is 76.4 Å². The molecule has 0 spiro atoms. The number of pyridine rings is 2. The molecule has 4 heterocycles. The van der Waals surface area contributed by atoms with E-state index in [-0.39, 0.29) is 39.9 Å². The molecule has 172 valence electrons. The van der Waals surface area contributed by atoms with Crippen molar-refractivity contribution >= 4 is 50.3 Å². The molecule has 0 amide bonds. The van der Waals surface area contributed by atoms with E-state index in [2.05, 4.69) is 9.97 Å². The first-order valence-corrected chi connectivity index (χ1v) is 11.0. The molecular weight excluding hydrogens is 473 g/mol. The minimum absolute atomic E-state index is 0.000124. The van der Waals surface area contributed by atoms with E-state index in [0.717, 1.165) is 5.39 Å². The molecule has 0 saturated heterocycles. The Balaban J connectivity index is 1.73. The number of hydrogen-bond donors (Lipinski definition) is 2. The van der Waals surface area contributed by atoms with Crippen molar-refractivity contribution in [1.82, 2.24) is 14.5 Å². The topological polar surface area (TPSA) is 101 Å². The zero-order valence-electron chi connectivity index (χ0n) is 17.9. The van der Waals surface area contributed by atoms with Crippen LogP contribution in [0, 0.1) is 5.82 Å². The molecule has 35 heavy (non-hydrogen) atoms. The van der Waals surface area contributed by atoms with E-state index in [9.17, 15) is 14.7 Å². The van der Waals surface area contributed by atoms with Gasteiger partial charge in [0.1, 0.15) is 17.1 Å². The van der Waals surface area contributed by atoms with Crippen LogP contribution in [0.1, 0.15) is 16.1 Å². The van der Waals surface area contributed by atoms with Crippen LogP contribution < -0.4 is 5.56 Å². The summed E-state index contributed by atoms with van der Waals surface area (Å²) in [6, 6.07) is 13.0. The van der Waals surface area contributed by atoms with Crippen molar-refractivity contribution in [3.05, 3.63) is 99.6 Å². The normalized spacial score (nSPS) is 11.6. The zero-order valence-corrected chi connectivity index (χ0v) is 18.6. The molecule has 0 aliphatic carbocycles. The molecule has 0 saturated carbocycles. The molecule has 6 rings (SSSR count). The highest BCUT2D eigenvalue weighted by atomic mass is 35.5. The number of hydrogen-bond acceptors (Lipinski definition) is 4. The van der Waals surface area contributed by atoms with Crippen molar-refractivity contribution in [1.29, 1.82) is 0 Å². The van der Waals surface area contributed by atoms with Gasteiger partial charge in [-0.3, -0.25) is 9.78 Å². The van der Waals surface area contributed by atoms with E-state index in [1.54, 1.807) is 30.5 Å². The van der Waals surface area contributed by atoms with Gasteiger partial charge in [0, 0.05) is 34.9 Å². The Labute approximate surface area is 201 Å². The van der Waals surface area contributed by atoms with Crippen LogP contribution in [-0.4, -0.2) is 25.6 Å². The van der Waals surface area contributed by atoms with E-state index >= 15 is 4.39 Å². The number of rotatable bonds is 4. The lowest BCUT2D eigenvalue weighted by Gasteiger charge is -2.12. The van der Waals surface area contributed by atoms with Crippen LogP contribution in [0.2, 0.25) is 5.02 Å². The zero-order chi connectivity index (χ0) is 24.3. The van der Waals surface area contributed by atoms with Gasteiger partial charge in [-0.05, 0) is 48.0 Å². The molecular formula is C26H15ClFN3O4.